The van der Waals surface area contributed by atoms with Gasteiger partial charge >= 0.3 is 0 Å². The Kier molecular flexibility index (Phi) is 4.20. The Morgan fingerprint density at radius 1 is 1.53 bits per heavy atom. The van der Waals surface area contributed by atoms with Crippen LogP contribution in [0.1, 0.15) is 29.3 Å². The number of halogens is 1. The predicted octanol–water partition coefficient (Wildman–Crippen LogP) is 2.58. The third kappa shape index (κ3) is 3.00. The first kappa shape index (κ1) is 11.6. The van der Waals surface area contributed by atoms with Gasteiger partial charge < -0.3 is 5.11 Å². The van der Waals surface area contributed by atoms with Crippen molar-refractivity contribution in [2.24, 2.45) is 0 Å². The summed E-state index contributed by atoms with van der Waals surface area (Å²) in [5.74, 6) is 5.64. The lowest BCUT2D eigenvalue weighted by Gasteiger charge is -2.02. The van der Waals surface area contributed by atoms with Crippen LogP contribution >= 0.6 is 11.6 Å². The second kappa shape index (κ2) is 5.43. The Balaban J connectivity index is 3.10. The topological polar surface area (TPSA) is 37.3 Å². The van der Waals surface area contributed by atoms with Crippen molar-refractivity contribution in [3.63, 3.8) is 0 Å². The number of alkyl halides is 1. The molecule has 0 aliphatic carbocycles. The van der Waals surface area contributed by atoms with E-state index in [0.717, 1.165) is 0 Å². The Labute approximate surface area is 93.9 Å². The zero-order chi connectivity index (χ0) is 11.3. The highest BCUT2D eigenvalue weighted by Gasteiger charge is 2.08. The van der Waals surface area contributed by atoms with Crippen LogP contribution < -0.4 is 0 Å². The summed E-state index contributed by atoms with van der Waals surface area (Å²) in [6.07, 6.45) is 0.361. The molecule has 0 saturated carbocycles. The highest BCUT2D eigenvalue weighted by molar-refractivity contribution is 6.19. The SMILES string of the molecule is CCC(=O)c1cc(C#CCCl)ccc1O. The van der Waals surface area contributed by atoms with Crippen molar-refractivity contribution in [1.29, 1.82) is 0 Å². The summed E-state index contributed by atoms with van der Waals surface area (Å²) >= 11 is 5.42. The molecule has 78 valence electrons. The highest BCUT2D eigenvalue weighted by Crippen LogP contribution is 2.19. The van der Waals surface area contributed by atoms with Crippen LogP contribution in [0.3, 0.4) is 0 Å². The number of hydrogen-bond donors (Lipinski definition) is 1. The molecule has 1 rings (SSSR count). The number of phenols is 1. The molecular formula is C12H11ClO2. The maximum atomic E-state index is 11.4. The van der Waals surface area contributed by atoms with Crippen molar-refractivity contribution in [2.45, 2.75) is 13.3 Å². The van der Waals surface area contributed by atoms with E-state index in [9.17, 15) is 9.90 Å². The fraction of sp³-hybridized carbons (Fsp3) is 0.250. The molecule has 0 bridgehead atoms. The van der Waals surface area contributed by atoms with Gasteiger partial charge in [0.15, 0.2) is 5.78 Å². The van der Waals surface area contributed by atoms with E-state index in [4.69, 9.17) is 11.6 Å². The average molecular weight is 223 g/mol. The first-order valence-electron chi connectivity index (χ1n) is 4.60. The fourth-order valence-electron chi connectivity index (χ4n) is 1.16. The minimum absolute atomic E-state index is 0.00160. The summed E-state index contributed by atoms with van der Waals surface area (Å²) in [5.41, 5.74) is 1.00. The molecule has 0 aliphatic heterocycles. The summed E-state index contributed by atoms with van der Waals surface area (Å²) in [7, 11) is 0. The molecule has 2 nitrogen and oxygen atoms in total. The maximum absolute atomic E-state index is 11.4. The number of rotatable bonds is 2. The molecule has 0 saturated heterocycles. The van der Waals surface area contributed by atoms with Crippen LogP contribution in [0.15, 0.2) is 18.2 Å². The highest BCUT2D eigenvalue weighted by atomic mass is 35.5. The average Bonchev–Trinajstić information content (AvgIpc) is 2.27. The fourth-order valence-corrected chi connectivity index (χ4v) is 1.23. The maximum Gasteiger partial charge on any atom is 0.166 e. The number of hydrogen-bond acceptors (Lipinski definition) is 2. The Bertz CT molecular complexity index is 427. The van der Waals surface area contributed by atoms with E-state index in [0.29, 0.717) is 17.5 Å². The zero-order valence-electron chi connectivity index (χ0n) is 8.38. The van der Waals surface area contributed by atoms with Crippen molar-refractivity contribution in [1.82, 2.24) is 0 Å². The molecular weight excluding hydrogens is 212 g/mol. The second-order valence-corrected chi connectivity index (χ2v) is 3.21. The van der Waals surface area contributed by atoms with E-state index in [-0.39, 0.29) is 17.4 Å². The number of phenolic OH excluding ortho intramolecular Hbond substituents is 1. The van der Waals surface area contributed by atoms with Crippen molar-refractivity contribution >= 4 is 17.4 Å². The van der Waals surface area contributed by atoms with E-state index in [1.54, 1.807) is 19.1 Å². The molecule has 0 aromatic heterocycles. The summed E-state index contributed by atoms with van der Waals surface area (Å²) in [6, 6.07) is 4.71. The van der Waals surface area contributed by atoms with E-state index < -0.39 is 0 Å². The Morgan fingerprint density at radius 2 is 2.27 bits per heavy atom. The molecule has 15 heavy (non-hydrogen) atoms. The summed E-state index contributed by atoms with van der Waals surface area (Å²) in [5, 5.41) is 9.47. The van der Waals surface area contributed by atoms with Crippen molar-refractivity contribution in [2.75, 3.05) is 5.88 Å². The second-order valence-electron chi connectivity index (χ2n) is 2.94. The van der Waals surface area contributed by atoms with Crippen molar-refractivity contribution < 1.29 is 9.90 Å². The van der Waals surface area contributed by atoms with E-state index in [2.05, 4.69) is 11.8 Å². The van der Waals surface area contributed by atoms with Gasteiger partial charge in [-0.2, -0.15) is 0 Å². The molecule has 0 heterocycles. The van der Waals surface area contributed by atoms with Gasteiger partial charge in [0, 0.05) is 12.0 Å². The molecule has 0 atom stereocenters. The normalized spacial score (nSPS) is 9.20. The van der Waals surface area contributed by atoms with Crippen LogP contribution in [0.25, 0.3) is 0 Å². The van der Waals surface area contributed by atoms with Crippen molar-refractivity contribution in [3.05, 3.63) is 29.3 Å². The van der Waals surface area contributed by atoms with Crippen LogP contribution in [0.4, 0.5) is 0 Å². The molecule has 0 spiro atoms. The number of ketones is 1. The molecule has 0 unspecified atom stereocenters. The molecule has 1 aromatic rings. The number of benzene rings is 1. The molecule has 1 N–H and O–H groups in total. The van der Waals surface area contributed by atoms with Gasteiger partial charge in [-0.05, 0) is 18.2 Å². The molecule has 0 fully saturated rings. The first-order valence-corrected chi connectivity index (χ1v) is 5.13. The van der Waals surface area contributed by atoms with Crippen LogP contribution in [0, 0.1) is 11.8 Å². The van der Waals surface area contributed by atoms with E-state index in [1.807, 2.05) is 0 Å². The summed E-state index contributed by atoms with van der Waals surface area (Å²) in [4.78, 5) is 11.4. The monoisotopic (exact) mass is 222 g/mol. The van der Waals surface area contributed by atoms with Crippen LogP contribution in [-0.2, 0) is 0 Å². The van der Waals surface area contributed by atoms with Gasteiger partial charge in [0.25, 0.3) is 0 Å². The van der Waals surface area contributed by atoms with E-state index in [1.165, 1.54) is 6.07 Å². The molecule has 1 aromatic carbocycles. The number of carbonyl (C=O) groups is 1. The Hall–Kier alpha value is -1.46. The van der Waals surface area contributed by atoms with Crippen LogP contribution in [0.2, 0.25) is 0 Å². The molecule has 0 aliphatic rings. The van der Waals surface area contributed by atoms with Gasteiger partial charge in [0.1, 0.15) is 5.75 Å². The third-order valence-electron chi connectivity index (χ3n) is 1.92. The molecule has 0 amide bonds. The number of Topliss-reactive ketones (excluding diaryl/α,β-unsaturated/α-hetero) is 1. The van der Waals surface area contributed by atoms with E-state index >= 15 is 0 Å². The minimum atomic E-state index is -0.0953. The molecule has 0 radical (unpaired) electrons. The smallest absolute Gasteiger partial charge is 0.166 e. The summed E-state index contributed by atoms with van der Waals surface area (Å²) < 4.78 is 0. The quantitative estimate of drug-likeness (QED) is 0.475. The lowest BCUT2D eigenvalue weighted by molar-refractivity contribution is 0.0985. The third-order valence-corrected chi connectivity index (χ3v) is 2.05. The van der Waals surface area contributed by atoms with Gasteiger partial charge in [0.2, 0.25) is 0 Å². The van der Waals surface area contributed by atoms with Crippen LogP contribution in [-0.4, -0.2) is 16.8 Å². The standard InChI is InChI=1S/C12H11ClO2/c1-2-11(14)10-8-9(4-3-7-13)5-6-12(10)15/h5-6,8,15H,2,7H2,1H3. The largest absolute Gasteiger partial charge is 0.507 e. The lowest BCUT2D eigenvalue weighted by Crippen LogP contribution is -1.97. The van der Waals surface area contributed by atoms with Gasteiger partial charge in [-0.15, -0.1) is 11.6 Å². The molecule has 3 heteroatoms. The Morgan fingerprint density at radius 3 is 2.87 bits per heavy atom. The first-order chi connectivity index (χ1) is 7.19. The summed E-state index contributed by atoms with van der Waals surface area (Å²) in [6.45, 7) is 1.75. The van der Waals surface area contributed by atoms with Gasteiger partial charge in [-0.1, -0.05) is 18.8 Å². The predicted molar refractivity (Wildman–Crippen MR) is 60.3 cm³/mol. The van der Waals surface area contributed by atoms with Gasteiger partial charge in [-0.3, -0.25) is 4.79 Å². The minimum Gasteiger partial charge on any atom is -0.507 e. The zero-order valence-corrected chi connectivity index (χ0v) is 9.14. The lowest BCUT2D eigenvalue weighted by atomic mass is 10.0. The number of aromatic hydroxyl groups is 1. The number of carbonyl (C=O) groups excluding carboxylic acids is 1. The van der Waals surface area contributed by atoms with Crippen LogP contribution in [0.5, 0.6) is 5.75 Å². The van der Waals surface area contributed by atoms with Crippen molar-refractivity contribution in [3.8, 4) is 17.6 Å². The van der Waals surface area contributed by atoms with Gasteiger partial charge in [-0.25, -0.2) is 0 Å². The van der Waals surface area contributed by atoms with Gasteiger partial charge in [0.05, 0.1) is 11.4 Å².